The maximum atomic E-state index is 12.6. The van der Waals surface area contributed by atoms with Crippen molar-refractivity contribution < 1.29 is 31.1 Å². The molecule has 0 saturated carbocycles. The van der Waals surface area contributed by atoms with Crippen LogP contribution < -0.4 is 5.73 Å². The molecule has 0 aliphatic heterocycles. The largest absolute Gasteiger partial charge is 0.416 e. The Balaban J connectivity index is 3.59. The van der Waals surface area contributed by atoms with Crippen molar-refractivity contribution in [3.05, 3.63) is 34.9 Å². The number of rotatable bonds is 2. The summed E-state index contributed by atoms with van der Waals surface area (Å²) in [5, 5.41) is 0. The lowest BCUT2D eigenvalue weighted by Gasteiger charge is -2.21. The molecule has 1 aromatic rings. The number of carbonyl (C=O) groups is 1. The summed E-state index contributed by atoms with van der Waals surface area (Å²) in [5.41, 5.74) is 1.10. The molecule has 0 radical (unpaired) electrons. The number of primary amides is 1. The first-order valence-corrected chi connectivity index (χ1v) is 5.43. The molecule has 0 aliphatic carbocycles. The van der Waals surface area contributed by atoms with E-state index in [0.717, 1.165) is 6.92 Å². The monoisotopic (exact) mass is 319 g/mol. The minimum Gasteiger partial charge on any atom is -0.368 e. The number of halogens is 7. The number of carbonyl (C=O) groups excluding carboxylic acids is 1. The summed E-state index contributed by atoms with van der Waals surface area (Å²) in [6.07, 6.45) is -10.0. The van der Waals surface area contributed by atoms with Crippen LogP contribution in [-0.4, -0.2) is 5.91 Å². The van der Waals surface area contributed by atoms with Crippen molar-refractivity contribution in [2.24, 2.45) is 5.73 Å². The molecule has 0 aromatic heterocycles. The molecule has 2 nitrogen and oxygen atoms in total. The fraction of sp³-hybridized carbons (Fsp3) is 0.364. The molecule has 9 heteroatoms. The summed E-state index contributed by atoms with van der Waals surface area (Å²) in [6.45, 7) is 0.923. The molecule has 1 atom stereocenters. The first-order chi connectivity index (χ1) is 8.76. The first kappa shape index (κ1) is 16.6. The Hall–Kier alpha value is -1.44. The van der Waals surface area contributed by atoms with E-state index in [-0.39, 0.29) is 6.07 Å². The zero-order valence-corrected chi connectivity index (χ0v) is 10.6. The van der Waals surface area contributed by atoms with E-state index in [9.17, 15) is 31.1 Å². The van der Waals surface area contributed by atoms with Crippen molar-refractivity contribution in [3.8, 4) is 0 Å². The number of hydrogen-bond donors (Lipinski definition) is 1. The maximum absolute atomic E-state index is 12.6. The predicted octanol–water partition coefficient (Wildman–Crippen LogP) is 3.66. The van der Waals surface area contributed by atoms with Gasteiger partial charge in [-0.1, -0.05) is 0 Å². The Labute approximate surface area is 114 Å². The minimum absolute atomic E-state index is 0.0581. The highest BCUT2D eigenvalue weighted by Gasteiger charge is 2.40. The summed E-state index contributed by atoms with van der Waals surface area (Å²) >= 11 is 5.63. The smallest absolute Gasteiger partial charge is 0.368 e. The molecule has 0 saturated heterocycles. The van der Waals surface area contributed by atoms with Crippen molar-refractivity contribution in [2.75, 3.05) is 0 Å². The highest BCUT2D eigenvalue weighted by molar-refractivity contribution is 6.34. The third-order valence-corrected chi connectivity index (χ3v) is 3.00. The standard InChI is InChI=1S/C11H8ClF6NO/c1-9(12,8(19)20)5-2-6(10(13,14)15)4-7(3-5)11(16,17)18/h2-4H,1H3,(H2,19,20). The lowest BCUT2D eigenvalue weighted by molar-refractivity contribution is -0.143. The molecule has 0 bridgehead atoms. The molecule has 1 rings (SSSR count). The summed E-state index contributed by atoms with van der Waals surface area (Å²) in [5.74, 6) is -1.26. The van der Waals surface area contributed by atoms with Gasteiger partial charge in [-0.3, -0.25) is 4.79 Å². The van der Waals surface area contributed by atoms with Crippen LogP contribution >= 0.6 is 11.6 Å². The number of amides is 1. The summed E-state index contributed by atoms with van der Waals surface area (Å²) in [4.78, 5) is 8.89. The van der Waals surface area contributed by atoms with Crippen LogP contribution in [0.25, 0.3) is 0 Å². The zero-order chi connectivity index (χ0) is 15.9. The number of benzene rings is 1. The van der Waals surface area contributed by atoms with Gasteiger partial charge in [-0.15, -0.1) is 11.6 Å². The highest BCUT2D eigenvalue weighted by Crippen LogP contribution is 2.39. The Morgan fingerprint density at radius 3 is 1.50 bits per heavy atom. The Morgan fingerprint density at radius 2 is 1.25 bits per heavy atom. The van der Waals surface area contributed by atoms with Gasteiger partial charge < -0.3 is 5.73 Å². The third-order valence-electron chi connectivity index (χ3n) is 2.59. The van der Waals surface area contributed by atoms with Crippen molar-refractivity contribution in [2.45, 2.75) is 24.2 Å². The number of hydrogen-bond acceptors (Lipinski definition) is 1. The molecule has 2 N–H and O–H groups in total. The summed E-state index contributed by atoms with van der Waals surface area (Å²) < 4.78 is 75.6. The van der Waals surface area contributed by atoms with Crippen molar-refractivity contribution in [1.82, 2.24) is 0 Å². The van der Waals surface area contributed by atoms with E-state index in [2.05, 4.69) is 0 Å². The van der Waals surface area contributed by atoms with E-state index in [1.807, 2.05) is 0 Å². The van der Waals surface area contributed by atoms with Gasteiger partial charge in [-0.25, -0.2) is 0 Å². The average molecular weight is 320 g/mol. The van der Waals surface area contributed by atoms with Gasteiger partial charge in [0.2, 0.25) is 5.91 Å². The van der Waals surface area contributed by atoms with E-state index in [1.165, 1.54) is 0 Å². The lowest BCUT2D eigenvalue weighted by Crippen LogP contribution is -2.33. The van der Waals surface area contributed by atoms with Gasteiger partial charge in [0.15, 0.2) is 0 Å². The second-order valence-corrected chi connectivity index (χ2v) is 4.92. The molecule has 1 aromatic carbocycles. The van der Waals surface area contributed by atoms with Crippen molar-refractivity contribution >= 4 is 17.5 Å². The molecule has 1 unspecified atom stereocenters. The van der Waals surface area contributed by atoms with Gasteiger partial charge in [-0.2, -0.15) is 26.3 Å². The SMILES string of the molecule is CC(Cl)(C(N)=O)c1cc(C(F)(F)F)cc(C(F)(F)F)c1. The molecule has 112 valence electrons. The van der Waals surface area contributed by atoms with Gasteiger partial charge in [0.25, 0.3) is 0 Å². The highest BCUT2D eigenvalue weighted by atomic mass is 35.5. The van der Waals surface area contributed by atoms with E-state index in [1.54, 1.807) is 0 Å². The summed E-state index contributed by atoms with van der Waals surface area (Å²) in [7, 11) is 0. The fourth-order valence-electron chi connectivity index (χ4n) is 1.37. The van der Waals surface area contributed by atoms with Crippen molar-refractivity contribution in [3.63, 3.8) is 0 Å². The van der Waals surface area contributed by atoms with Crippen LogP contribution in [0.15, 0.2) is 18.2 Å². The average Bonchev–Trinajstić information content (AvgIpc) is 2.25. The van der Waals surface area contributed by atoms with Gasteiger partial charge in [0.05, 0.1) is 11.1 Å². The Morgan fingerprint density at radius 1 is 0.950 bits per heavy atom. The third kappa shape index (κ3) is 3.36. The Bertz CT molecular complexity index is 502. The molecule has 1 amide bonds. The fourth-order valence-corrected chi connectivity index (χ4v) is 1.48. The van der Waals surface area contributed by atoms with Crippen LogP contribution in [0.1, 0.15) is 23.6 Å². The minimum atomic E-state index is -5.01. The molecular formula is C11H8ClF6NO. The van der Waals surface area contributed by atoms with Crippen LogP contribution in [-0.2, 0) is 22.0 Å². The van der Waals surface area contributed by atoms with Crippen LogP contribution in [0.3, 0.4) is 0 Å². The zero-order valence-electron chi connectivity index (χ0n) is 9.86. The van der Waals surface area contributed by atoms with E-state index in [4.69, 9.17) is 17.3 Å². The van der Waals surface area contributed by atoms with Gasteiger partial charge in [0, 0.05) is 0 Å². The number of nitrogens with two attached hydrogens (primary N) is 1. The summed E-state index contributed by atoms with van der Waals surface area (Å²) in [6, 6.07) is 0.678. The second kappa shape index (κ2) is 4.83. The molecule has 0 aliphatic rings. The normalized spacial score (nSPS) is 15.8. The van der Waals surface area contributed by atoms with Gasteiger partial charge in [-0.05, 0) is 30.7 Å². The molecule has 0 spiro atoms. The van der Waals surface area contributed by atoms with E-state index >= 15 is 0 Å². The topological polar surface area (TPSA) is 43.1 Å². The molecule has 0 heterocycles. The van der Waals surface area contributed by atoms with E-state index in [0.29, 0.717) is 12.1 Å². The van der Waals surface area contributed by atoms with Crippen LogP contribution in [0.2, 0.25) is 0 Å². The molecule has 20 heavy (non-hydrogen) atoms. The number of alkyl halides is 7. The van der Waals surface area contributed by atoms with Crippen molar-refractivity contribution in [1.29, 1.82) is 0 Å². The molecular weight excluding hydrogens is 312 g/mol. The lowest BCUT2D eigenvalue weighted by atomic mass is 9.94. The van der Waals surface area contributed by atoms with E-state index < -0.39 is 39.8 Å². The van der Waals surface area contributed by atoms with Crippen LogP contribution in [0.5, 0.6) is 0 Å². The first-order valence-electron chi connectivity index (χ1n) is 5.05. The van der Waals surface area contributed by atoms with Gasteiger partial charge in [0.1, 0.15) is 4.87 Å². The van der Waals surface area contributed by atoms with Crippen LogP contribution in [0, 0.1) is 0 Å². The quantitative estimate of drug-likeness (QED) is 0.656. The maximum Gasteiger partial charge on any atom is 0.416 e. The second-order valence-electron chi connectivity index (χ2n) is 4.16. The Kier molecular flexibility index (Phi) is 4.02. The molecule has 0 fully saturated rings. The van der Waals surface area contributed by atoms with Crippen LogP contribution in [0.4, 0.5) is 26.3 Å². The predicted molar refractivity (Wildman–Crippen MR) is 58.8 cm³/mol. The van der Waals surface area contributed by atoms with Gasteiger partial charge >= 0.3 is 12.4 Å².